The molecular formula is C20H13N3O4. The highest BCUT2D eigenvalue weighted by Crippen LogP contribution is 2.18. The Labute approximate surface area is 152 Å². The number of aromatic nitrogens is 2. The Morgan fingerprint density at radius 2 is 1.74 bits per heavy atom. The Bertz CT molecular complexity index is 1260. The van der Waals surface area contributed by atoms with Gasteiger partial charge in [-0.1, -0.05) is 18.2 Å². The quantitative estimate of drug-likeness (QED) is 0.568. The molecule has 4 rings (SSSR count). The average molecular weight is 359 g/mol. The van der Waals surface area contributed by atoms with Crippen LogP contribution in [0, 0.1) is 0 Å². The van der Waals surface area contributed by atoms with Gasteiger partial charge in [-0.2, -0.15) is 9.78 Å². The standard InChI is InChI=1S/C20H13N3O4/c24-18-10-8-16(22-23(18)15-4-2-1-3-5-15)20(26)21-14-7-9-17-13(12-14)6-11-19(25)27-17/h1-12H,(H,21,26). The Hall–Kier alpha value is -4.00. The maximum absolute atomic E-state index is 12.5. The lowest BCUT2D eigenvalue weighted by molar-refractivity contribution is 0.102. The van der Waals surface area contributed by atoms with E-state index in [1.807, 2.05) is 6.07 Å². The van der Waals surface area contributed by atoms with E-state index in [1.54, 1.807) is 48.5 Å². The molecular weight excluding hydrogens is 346 g/mol. The van der Waals surface area contributed by atoms with Gasteiger partial charge in [0.2, 0.25) is 0 Å². The van der Waals surface area contributed by atoms with Gasteiger partial charge in [0.25, 0.3) is 11.5 Å². The van der Waals surface area contributed by atoms with Crippen LogP contribution in [0.1, 0.15) is 10.5 Å². The molecule has 4 aromatic rings. The van der Waals surface area contributed by atoms with E-state index in [9.17, 15) is 14.4 Å². The fourth-order valence-corrected chi connectivity index (χ4v) is 2.63. The summed E-state index contributed by atoms with van der Waals surface area (Å²) < 4.78 is 6.24. The monoisotopic (exact) mass is 359 g/mol. The molecule has 1 amide bonds. The second-order valence-electron chi connectivity index (χ2n) is 5.77. The van der Waals surface area contributed by atoms with E-state index in [-0.39, 0.29) is 11.3 Å². The van der Waals surface area contributed by atoms with Gasteiger partial charge in [0.15, 0.2) is 0 Å². The van der Waals surface area contributed by atoms with E-state index in [4.69, 9.17) is 4.42 Å². The maximum Gasteiger partial charge on any atom is 0.336 e. The van der Waals surface area contributed by atoms with Crippen molar-refractivity contribution in [1.29, 1.82) is 0 Å². The van der Waals surface area contributed by atoms with Gasteiger partial charge in [0, 0.05) is 23.2 Å². The van der Waals surface area contributed by atoms with Gasteiger partial charge in [-0.25, -0.2) is 4.79 Å². The molecule has 0 aliphatic rings. The number of fused-ring (bicyclic) bond motifs is 1. The van der Waals surface area contributed by atoms with Crippen LogP contribution >= 0.6 is 0 Å². The third kappa shape index (κ3) is 3.38. The zero-order valence-electron chi connectivity index (χ0n) is 14.0. The molecule has 132 valence electrons. The van der Waals surface area contributed by atoms with Gasteiger partial charge in [-0.05, 0) is 42.5 Å². The van der Waals surface area contributed by atoms with Gasteiger partial charge >= 0.3 is 5.63 Å². The van der Waals surface area contributed by atoms with Crippen LogP contribution in [0.5, 0.6) is 0 Å². The molecule has 0 atom stereocenters. The van der Waals surface area contributed by atoms with Crippen molar-refractivity contribution in [3.05, 3.63) is 99.3 Å². The van der Waals surface area contributed by atoms with Crippen LogP contribution in [0.3, 0.4) is 0 Å². The van der Waals surface area contributed by atoms with Crippen LogP contribution in [0.4, 0.5) is 5.69 Å². The number of amides is 1. The Kier molecular flexibility index (Phi) is 4.10. The summed E-state index contributed by atoms with van der Waals surface area (Å²) in [6.07, 6.45) is 0. The molecule has 0 saturated carbocycles. The van der Waals surface area contributed by atoms with Crippen molar-refractivity contribution in [1.82, 2.24) is 9.78 Å². The molecule has 7 nitrogen and oxygen atoms in total. The third-order valence-electron chi connectivity index (χ3n) is 3.91. The van der Waals surface area contributed by atoms with Crippen molar-refractivity contribution in [3.8, 4) is 5.69 Å². The number of benzene rings is 2. The zero-order chi connectivity index (χ0) is 18.8. The van der Waals surface area contributed by atoms with E-state index in [0.717, 1.165) is 0 Å². The first-order chi connectivity index (χ1) is 13.1. The fourth-order valence-electron chi connectivity index (χ4n) is 2.63. The third-order valence-corrected chi connectivity index (χ3v) is 3.91. The number of carbonyl (C=O) groups excluding carboxylic acids is 1. The summed E-state index contributed by atoms with van der Waals surface area (Å²) in [5.74, 6) is -0.462. The SMILES string of the molecule is O=C(Nc1ccc2oc(=O)ccc2c1)c1ccc(=O)n(-c2ccccc2)n1. The molecule has 0 spiro atoms. The van der Waals surface area contributed by atoms with Crippen LogP contribution < -0.4 is 16.5 Å². The first-order valence-electron chi connectivity index (χ1n) is 8.11. The molecule has 0 aliphatic carbocycles. The largest absolute Gasteiger partial charge is 0.423 e. The minimum Gasteiger partial charge on any atom is -0.423 e. The Morgan fingerprint density at radius 3 is 2.56 bits per heavy atom. The first-order valence-corrected chi connectivity index (χ1v) is 8.11. The molecule has 2 aromatic carbocycles. The lowest BCUT2D eigenvalue weighted by Gasteiger charge is -2.08. The molecule has 0 radical (unpaired) electrons. The van der Waals surface area contributed by atoms with Crippen molar-refractivity contribution in [2.24, 2.45) is 0 Å². The minimum atomic E-state index is -0.462. The number of carbonyl (C=O) groups is 1. The Balaban J connectivity index is 1.64. The number of rotatable bonds is 3. The van der Waals surface area contributed by atoms with Crippen molar-refractivity contribution < 1.29 is 9.21 Å². The van der Waals surface area contributed by atoms with Gasteiger partial charge < -0.3 is 9.73 Å². The smallest absolute Gasteiger partial charge is 0.336 e. The normalized spacial score (nSPS) is 10.7. The summed E-state index contributed by atoms with van der Waals surface area (Å²) in [4.78, 5) is 35.8. The number of hydrogen-bond donors (Lipinski definition) is 1. The van der Waals surface area contributed by atoms with Gasteiger partial charge in [0.05, 0.1) is 5.69 Å². The fraction of sp³-hybridized carbons (Fsp3) is 0. The average Bonchev–Trinajstić information content (AvgIpc) is 2.69. The van der Waals surface area contributed by atoms with Crippen molar-refractivity contribution in [3.63, 3.8) is 0 Å². The number of nitrogens with one attached hydrogen (secondary N) is 1. The molecule has 0 aliphatic heterocycles. The van der Waals surface area contributed by atoms with Gasteiger partial charge in [-0.3, -0.25) is 9.59 Å². The van der Waals surface area contributed by atoms with E-state index in [0.29, 0.717) is 22.3 Å². The van der Waals surface area contributed by atoms with Crippen molar-refractivity contribution >= 4 is 22.6 Å². The molecule has 2 aromatic heterocycles. The van der Waals surface area contributed by atoms with Crippen molar-refractivity contribution in [2.45, 2.75) is 0 Å². The van der Waals surface area contributed by atoms with Crippen LogP contribution in [0.25, 0.3) is 16.7 Å². The van der Waals surface area contributed by atoms with Crippen LogP contribution in [0.2, 0.25) is 0 Å². The predicted octanol–water partition coefficient (Wildman–Crippen LogP) is 2.59. The predicted molar refractivity (Wildman–Crippen MR) is 100 cm³/mol. The topological polar surface area (TPSA) is 94.2 Å². The summed E-state index contributed by atoms with van der Waals surface area (Å²) in [6, 6.07) is 19.3. The van der Waals surface area contributed by atoms with Crippen LogP contribution in [-0.2, 0) is 0 Å². The lowest BCUT2D eigenvalue weighted by Crippen LogP contribution is -2.24. The van der Waals surface area contributed by atoms with E-state index < -0.39 is 11.5 Å². The number of anilines is 1. The van der Waals surface area contributed by atoms with Crippen LogP contribution in [0.15, 0.2) is 86.8 Å². The zero-order valence-corrected chi connectivity index (χ0v) is 14.0. The number of nitrogens with zero attached hydrogens (tertiary/aromatic N) is 2. The van der Waals surface area contributed by atoms with Crippen LogP contribution in [-0.4, -0.2) is 15.7 Å². The second kappa shape index (κ2) is 6.72. The lowest BCUT2D eigenvalue weighted by atomic mass is 10.2. The molecule has 27 heavy (non-hydrogen) atoms. The minimum absolute atomic E-state index is 0.0955. The molecule has 7 heteroatoms. The van der Waals surface area contributed by atoms with Crippen molar-refractivity contribution in [2.75, 3.05) is 5.32 Å². The first kappa shape index (κ1) is 16.5. The summed E-state index contributed by atoms with van der Waals surface area (Å²) in [5, 5.41) is 7.55. The van der Waals surface area contributed by atoms with E-state index >= 15 is 0 Å². The summed E-state index contributed by atoms with van der Waals surface area (Å²) in [7, 11) is 0. The number of hydrogen-bond acceptors (Lipinski definition) is 5. The molecule has 0 fully saturated rings. The summed E-state index contributed by atoms with van der Waals surface area (Å²) in [6.45, 7) is 0. The second-order valence-corrected chi connectivity index (χ2v) is 5.77. The molecule has 1 N–H and O–H groups in total. The maximum atomic E-state index is 12.5. The Morgan fingerprint density at radius 1 is 0.926 bits per heavy atom. The highest BCUT2D eigenvalue weighted by molar-refractivity contribution is 6.03. The van der Waals surface area contributed by atoms with Gasteiger partial charge in [0.1, 0.15) is 11.3 Å². The molecule has 0 saturated heterocycles. The number of para-hydroxylation sites is 1. The summed E-state index contributed by atoms with van der Waals surface area (Å²) in [5.41, 5.74) is 0.832. The van der Waals surface area contributed by atoms with E-state index in [1.165, 1.54) is 22.9 Å². The van der Waals surface area contributed by atoms with E-state index in [2.05, 4.69) is 10.4 Å². The molecule has 2 heterocycles. The molecule has 0 bridgehead atoms. The van der Waals surface area contributed by atoms with Gasteiger partial charge in [-0.15, -0.1) is 0 Å². The highest BCUT2D eigenvalue weighted by Gasteiger charge is 2.11. The highest BCUT2D eigenvalue weighted by atomic mass is 16.4. The molecule has 0 unspecified atom stereocenters. The summed E-state index contributed by atoms with van der Waals surface area (Å²) >= 11 is 0.